The van der Waals surface area contributed by atoms with Crippen LogP contribution in [0.3, 0.4) is 0 Å². The summed E-state index contributed by atoms with van der Waals surface area (Å²) in [6.45, 7) is 1.55. The Morgan fingerprint density at radius 3 is 3.00 bits per heavy atom. The molecule has 0 aliphatic heterocycles. The van der Waals surface area contributed by atoms with Crippen molar-refractivity contribution in [2.75, 3.05) is 19.7 Å². The number of hydrogen-bond acceptors (Lipinski definition) is 4. The summed E-state index contributed by atoms with van der Waals surface area (Å²) in [5.41, 5.74) is 1.05. The molecule has 6 heteroatoms. The third-order valence-corrected chi connectivity index (χ3v) is 3.44. The molecule has 0 bridgehead atoms. The van der Waals surface area contributed by atoms with Crippen LogP contribution >= 0.6 is 15.9 Å². The van der Waals surface area contributed by atoms with Crippen molar-refractivity contribution in [1.29, 1.82) is 0 Å². The zero-order valence-corrected chi connectivity index (χ0v) is 13.6. The molecule has 0 amide bonds. The Balaban J connectivity index is 1.60. The molecule has 0 aliphatic rings. The predicted molar refractivity (Wildman–Crippen MR) is 85.4 cm³/mol. The lowest BCUT2D eigenvalue weighted by molar-refractivity contribution is 0.106. The zero-order chi connectivity index (χ0) is 15.1. The molecule has 1 unspecified atom stereocenters. The first kappa shape index (κ1) is 16.0. The number of aryl methyl sites for hydroxylation is 1. The molecule has 0 saturated carbocycles. The van der Waals surface area contributed by atoms with Crippen LogP contribution < -0.4 is 10.1 Å². The van der Waals surface area contributed by atoms with Gasteiger partial charge in [0, 0.05) is 37.2 Å². The van der Waals surface area contributed by atoms with Gasteiger partial charge in [-0.25, -0.2) is 0 Å². The SMILES string of the molecule is Cn1ccc(CCNCC(O)COc2cccc(Br)c2)n1. The first-order valence-electron chi connectivity index (χ1n) is 6.89. The molecule has 114 valence electrons. The molecule has 2 aromatic rings. The van der Waals surface area contributed by atoms with Gasteiger partial charge in [0.05, 0.1) is 5.69 Å². The van der Waals surface area contributed by atoms with E-state index in [0.717, 1.165) is 28.9 Å². The van der Waals surface area contributed by atoms with Gasteiger partial charge in [0.25, 0.3) is 0 Å². The topological polar surface area (TPSA) is 59.3 Å². The van der Waals surface area contributed by atoms with Crippen LogP contribution in [0.1, 0.15) is 5.69 Å². The summed E-state index contributed by atoms with van der Waals surface area (Å²) >= 11 is 3.38. The zero-order valence-electron chi connectivity index (χ0n) is 12.0. The monoisotopic (exact) mass is 353 g/mol. The number of aromatic nitrogens is 2. The summed E-state index contributed by atoms with van der Waals surface area (Å²) in [4.78, 5) is 0. The molecule has 0 aliphatic carbocycles. The molecule has 1 atom stereocenters. The quantitative estimate of drug-likeness (QED) is 0.710. The Hall–Kier alpha value is -1.37. The number of benzene rings is 1. The van der Waals surface area contributed by atoms with E-state index in [0.29, 0.717) is 6.54 Å². The van der Waals surface area contributed by atoms with E-state index in [9.17, 15) is 5.11 Å². The highest BCUT2D eigenvalue weighted by Crippen LogP contribution is 2.17. The number of nitrogens with zero attached hydrogens (tertiary/aromatic N) is 2. The normalized spacial score (nSPS) is 12.3. The molecule has 0 radical (unpaired) electrons. The molecule has 1 aromatic heterocycles. The second-order valence-electron chi connectivity index (χ2n) is 4.86. The van der Waals surface area contributed by atoms with Gasteiger partial charge in [-0.05, 0) is 24.3 Å². The average molecular weight is 354 g/mol. The van der Waals surface area contributed by atoms with E-state index in [-0.39, 0.29) is 6.61 Å². The van der Waals surface area contributed by atoms with E-state index in [4.69, 9.17) is 4.74 Å². The summed E-state index contributed by atoms with van der Waals surface area (Å²) in [5, 5.41) is 17.4. The number of aliphatic hydroxyl groups is 1. The first-order chi connectivity index (χ1) is 10.1. The smallest absolute Gasteiger partial charge is 0.120 e. The van der Waals surface area contributed by atoms with Crippen LogP contribution in [0.2, 0.25) is 0 Å². The number of ether oxygens (including phenoxy) is 1. The predicted octanol–water partition coefficient (Wildman–Crippen LogP) is 1.75. The first-order valence-corrected chi connectivity index (χ1v) is 7.68. The fourth-order valence-electron chi connectivity index (χ4n) is 1.89. The van der Waals surface area contributed by atoms with Gasteiger partial charge in [-0.2, -0.15) is 5.10 Å². The second kappa shape index (κ2) is 8.17. The maximum absolute atomic E-state index is 9.86. The van der Waals surface area contributed by atoms with Gasteiger partial charge in [0.2, 0.25) is 0 Å². The molecule has 2 N–H and O–H groups in total. The van der Waals surface area contributed by atoms with Crippen molar-refractivity contribution in [1.82, 2.24) is 15.1 Å². The molecule has 2 rings (SSSR count). The molecule has 0 fully saturated rings. The lowest BCUT2D eigenvalue weighted by Crippen LogP contribution is -2.32. The number of rotatable bonds is 8. The number of nitrogens with one attached hydrogen (secondary N) is 1. The van der Waals surface area contributed by atoms with Gasteiger partial charge < -0.3 is 15.2 Å². The summed E-state index contributed by atoms with van der Waals surface area (Å²) in [6.07, 6.45) is 2.24. The van der Waals surface area contributed by atoms with E-state index in [1.807, 2.05) is 43.6 Å². The van der Waals surface area contributed by atoms with Gasteiger partial charge in [0.15, 0.2) is 0 Å². The summed E-state index contributed by atoms with van der Waals surface area (Å²) in [7, 11) is 1.90. The number of halogens is 1. The lowest BCUT2D eigenvalue weighted by atomic mass is 10.3. The number of aliphatic hydroxyl groups excluding tert-OH is 1. The summed E-state index contributed by atoms with van der Waals surface area (Å²) in [5.74, 6) is 0.747. The number of hydrogen-bond donors (Lipinski definition) is 2. The van der Waals surface area contributed by atoms with Crippen molar-refractivity contribution in [3.05, 3.63) is 46.7 Å². The van der Waals surface area contributed by atoms with Gasteiger partial charge in [0.1, 0.15) is 18.5 Å². The second-order valence-corrected chi connectivity index (χ2v) is 5.77. The fraction of sp³-hybridized carbons (Fsp3) is 0.400. The minimum atomic E-state index is -0.535. The van der Waals surface area contributed by atoms with Gasteiger partial charge in [-0.1, -0.05) is 22.0 Å². The van der Waals surface area contributed by atoms with Gasteiger partial charge >= 0.3 is 0 Å². The van der Waals surface area contributed by atoms with Crippen molar-refractivity contribution in [3.63, 3.8) is 0 Å². The standard InChI is InChI=1S/C15H20BrN3O2/c1-19-8-6-13(18-19)5-7-17-10-14(20)11-21-15-4-2-3-12(16)9-15/h2-4,6,8-9,14,17,20H,5,7,10-11H2,1H3. The van der Waals surface area contributed by atoms with Crippen LogP contribution in [-0.4, -0.2) is 40.7 Å². The van der Waals surface area contributed by atoms with Crippen molar-refractivity contribution >= 4 is 15.9 Å². The Morgan fingerprint density at radius 2 is 2.29 bits per heavy atom. The highest BCUT2D eigenvalue weighted by Gasteiger charge is 2.05. The van der Waals surface area contributed by atoms with Crippen LogP contribution in [0.5, 0.6) is 5.75 Å². The van der Waals surface area contributed by atoms with E-state index in [1.165, 1.54) is 0 Å². The largest absolute Gasteiger partial charge is 0.491 e. The molecule has 0 saturated heterocycles. The third kappa shape index (κ3) is 5.87. The molecule has 1 aromatic carbocycles. The van der Waals surface area contributed by atoms with Crippen LogP contribution in [0.15, 0.2) is 41.0 Å². The summed E-state index contributed by atoms with van der Waals surface area (Å²) < 4.78 is 8.28. The molecule has 1 heterocycles. The highest BCUT2D eigenvalue weighted by atomic mass is 79.9. The average Bonchev–Trinajstić information content (AvgIpc) is 2.87. The Labute approximate surface area is 133 Å². The molecular weight excluding hydrogens is 334 g/mol. The third-order valence-electron chi connectivity index (χ3n) is 2.95. The summed E-state index contributed by atoms with van der Waals surface area (Å²) in [6, 6.07) is 9.57. The van der Waals surface area contributed by atoms with Crippen LogP contribution in [0, 0.1) is 0 Å². The van der Waals surface area contributed by atoms with Gasteiger partial charge in [-0.15, -0.1) is 0 Å². The maximum atomic E-state index is 9.86. The minimum absolute atomic E-state index is 0.271. The van der Waals surface area contributed by atoms with Gasteiger partial charge in [-0.3, -0.25) is 4.68 Å². The lowest BCUT2D eigenvalue weighted by Gasteiger charge is -2.13. The molecular formula is C15H20BrN3O2. The van der Waals surface area contributed by atoms with E-state index in [2.05, 4.69) is 26.3 Å². The van der Waals surface area contributed by atoms with Crippen LogP contribution in [0.25, 0.3) is 0 Å². The van der Waals surface area contributed by atoms with Crippen LogP contribution in [0.4, 0.5) is 0 Å². The van der Waals surface area contributed by atoms with E-state index < -0.39 is 6.10 Å². The van der Waals surface area contributed by atoms with E-state index >= 15 is 0 Å². The Morgan fingerprint density at radius 1 is 1.43 bits per heavy atom. The maximum Gasteiger partial charge on any atom is 0.120 e. The van der Waals surface area contributed by atoms with Crippen LogP contribution in [-0.2, 0) is 13.5 Å². The van der Waals surface area contributed by atoms with E-state index in [1.54, 1.807) is 4.68 Å². The van der Waals surface area contributed by atoms with Crippen molar-refractivity contribution < 1.29 is 9.84 Å². The fourth-order valence-corrected chi connectivity index (χ4v) is 2.27. The molecule has 21 heavy (non-hydrogen) atoms. The Bertz CT molecular complexity index is 559. The van der Waals surface area contributed by atoms with Crippen molar-refractivity contribution in [2.24, 2.45) is 7.05 Å². The van der Waals surface area contributed by atoms with Crippen molar-refractivity contribution in [2.45, 2.75) is 12.5 Å². The minimum Gasteiger partial charge on any atom is -0.491 e. The Kier molecular flexibility index (Phi) is 6.22. The molecule has 0 spiro atoms. The van der Waals surface area contributed by atoms with Crippen molar-refractivity contribution in [3.8, 4) is 5.75 Å². The molecule has 5 nitrogen and oxygen atoms in total. The highest BCUT2D eigenvalue weighted by molar-refractivity contribution is 9.10.